The summed E-state index contributed by atoms with van der Waals surface area (Å²) < 4.78 is 11.1. The molecular weight excluding hydrogens is 380 g/mol. The molecule has 0 aromatic rings. The summed E-state index contributed by atoms with van der Waals surface area (Å²) in [6.45, 7) is 8.26. The Morgan fingerprint density at radius 1 is 1.23 bits per heavy atom. The number of methoxy groups -OCH3 is 1. The van der Waals surface area contributed by atoms with Crippen molar-refractivity contribution in [2.45, 2.75) is 65.9 Å². The second-order valence-electron chi connectivity index (χ2n) is 10.3. The van der Waals surface area contributed by atoms with Gasteiger partial charge in [0.25, 0.3) is 0 Å². The summed E-state index contributed by atoms with van der Waals surface area (Å²) in [5.41, 5.74) is 1.92. The first kappa shape index (κ1) is 21.5. The molecule has 0 N–H and O–H groups in total. The largest absolute Gasteiger partial charge is 0.460 e. The smallest absolute Gasteiger partial charge is 0.302 e. The molecule has 0 unspecified atom stereocenters. The molecule has 0 amide bonds. The fourth-order valence-electron chi connectivity index (χ4n) is 7.50. The highest BCUT2D eigenvalue weighted by atomic mass is 16.6. The van der Waals surface area contributed by atoms with Gasteiger partial charge in [-0.15, -0.1) is 0 Å². The summed E-state index contributed by atoms with van der Waals surface area (Å²) in [5.74, 6) is 1.01. The van der Waals surface area contributed by atoms with Crippen LogP contribution in [-0.4, -0.2) is 37.4 Å². The molecule has 0 heterocycles. The molecule has 4 rings (SSSR count). The molecule has 5 nitrogen and oxygen atoms in total. The third-order valence-corrected chi connectivity index (χ3v) is 8.98. The van der Waals surface area contributed by atoms with Crippen molar-refractivity contribution < 1.29 is 23.9 Å². The van der Waals surface area contributed by atoms with Crippen LogP contribution in [-0.2, 0) is 23.9 Å². The predicted molar refractivity (Wildman–Crippen MR) is 113 cm³/mol. The number of carbonyl (C=O) groups is 3. The third kappa shape index (κ3) is 3.04. The van der Waals surface area contributed by atoms with Crippen molar-refractivity contribution >= 4 is 17.5 Å². The van der Waals surface area contributed by atoms with E-state index in [0.29, 0.717) is 30.6 Å². The molecular formula is C25H34O5. The van der Waals surface area contributed by atoms with Crippen LogP contribution < -0.4 is 0 Å². The topological polar surface area (TPSA) is 69.7 Å². The van der Waals surface area contributed by atoms with Crippen molar-refractivity contribution in [3.63, 3.8) is 0 Å². The molecule has 7 atom stereocenters. The van der Waals surface area contributed by atoms with Crippen LogP contribution in [0.4, 0.5) is 0 Å². The maximum atomic E-state index is 13.2. The average Bonchev–Trinajstić information content (AvgIpc) is 2.94. The van der Waals surface area contributed by atoms with Gasteiger partial charge in [0.05, 0.1) is 6.61 Å². The first-order valence-corrected chi connectivity index (χ1v) is 11.3. The van der Waals surface area contributed by atoms with Crippen molar-refractivity contribution in [1.29, 1.82) is 0 Å². The highest BCUT2D eigenvalue weighted by molar-refractivity contribution is 6.02. The minimum atomic E-state index is -0.392. The number of ketones is 2. The van der Waals surface area contributed by atoms with Gasteiger partial charge in [-0.2, -0.15) is 0 Å². The van der Waals surface area contributed by atoms with E-state index in [9.17, 15) is 14.4 Å². The van der Waals surface area contributed by atoms with Crippen LogP contribution in [0.3, 0.4) is 0 Å². The van der Waals surface area contributed by atoms with Crippen LogP contribution in [0, 0.1) is 34.5 Å². The van der Waals surface area contributed by atoms with Crippen molar-refractivity contribution in [2.24, 2.45) is 34.5 Å². The first-order chi connectivity index (χ1) is 14.1. The number of carbonyl (C=O) groups excluding carboxylic acids is 3. The zero-order chi connectivity index (χ0) is 21.8. The normalized spacial score (nSPS) is 41.2. The SMILES string of the molecule is COC[C@H](OC(C)=O)[C@H]1CC(=O)[C@@]2(C)CC[C@H]3[C@@H](CCC4=CC(=O)C=C(C)[C@@]43C)[C@H]12. The van der Waals surface area contributed by atoms with E-state index in [4.69, 9.17) is 9.47 Å². The zero-order valence-corrected chi connectivity index (χ0v) is 18.8. The highest BCUT2D eigenvalue weighted by Gasteiger charge is 2.63. The number of fused-ring (bicyclic) bond motifs is 5. The van der Waals surface area contributed by atoms with E-state index in [0.717, 1.165) is 31.3 Å². The van der Waals surface area contributed by atoms with Gasteiger partial charge in [-0.25, -0.2) is 0 Å². The van der Waals surface area contributed by atoms with Gasteiger partial charge >= 0.3 is 5.97 Å². The molecule has 0 spiro atoms. The highest BCUT2D eigenvalue weighted by Crippen LogP contribution is 2.66. The van der Waals surface area contributed by atoms with Crippen molar-refractivity contribution in [2.75, 3.05) is 13.7 Å². The summed E-state index contributed by atoms with van der Waals surface area (Å²) in [6, 6.07) is 0. The maximum Gasteiger partial charge on any atom is 0.302 e. The molecule has 0 bridgehead atoms. The summed E-state index contributed by atoms with van der Waals surface area (Å²) in [7, 11) is 1.61. The molecule has 0 saturated heterocycles. The number of hydrogen-bond acceptors (Lipinski definition) is 5. The van der Waals surface area contributed by atoms with E-state index in [1.165, 1.54) is 12.5 Å². The molecule has 164 valence electrons. The lowest BCUT2D eigenvalue weighted by Gasteiger charge is -2.58. The fourth-order valence-corrected chi connectivity index (χ4v) is 7.50. The van der Waals surface area contributed by atoms with E-state index < -0.39 is 6.10 Å². The Bertz CT molecular complexity index is 838. The second-order valence-corrected chi connectivity index (χ2v) is 10.3. The Labute approximate surface area is 179 Å². The monoisotopic (exact) mass is 414 g/mol. The lowest BCUT2D eigenvalue weighted by molar-refractivity contribution is -0.157. The molecule has 5 heteroatoms. The number of rotatable bonds is 4. The van der Waals surface area contributed by atoms with Crippen LogP contribution in [0.15, 0.2) is 23.3 Å². The minimum absolute atomic E-state index is 0.0113. The van der Waals surface area contributed by atoms with Gasteiger partial charge in [0.2, 0.25) is 0 Å². The molecule has 4 aliphatic rings. The molecule has 4 aliphatic carbocycles. The van der Waals surface area contributed by atoms with Crippen LogP contribution in [0.5, 0.6) is 0 Å². The molecule has 0 aromatic heterocycles. The quantitative estimate of drug-likeness (QED) is 0.649. The Hall–Kier alpha value is -1.75. The summed E-state index contributed by atoms with van der Waals surface area (Å²) in [4.78, 5) is 37.2. The van der Waals surface area contributed by atoms with Gasteiger partial charge in [-0.3, -0.25) is 14.4 Å². The van der Waals surface area contributed by atoms with Gasteiger partial charge < -0.3 is 9.47 Å². The van der Waals surface area contributed by atoms with E-state index in [2.05, 4.69) is 20.8 Å². The Kier molecular flexibility index (Phi) is 5.32. The van der Waals surface area contributed by atoms with Gasteiger partial charge in [0.1, 0.15) is 11.9 Å². The van der Waals surface area contributed by atoms with E-state index in [1.54, 1.807) is 13.2 Å². The lowest BCUT2D eigenvalue weighted by atomic mass is 9.46. The number of allylic oxidation sites excluding steroid dienone is 4. The van der Waals surface area contributed by atoms with Gasteiger partial charge in [0.15, 0.2) is 5.78 Å². The molecule has 0 aliphatic heterocycles. The zero-order valence-electron chi connectivity index (χ0n) is 18.8. The maximum absolute atomic E-state index is 13.2. The summed E-state index contributed by atoms with van der Waals surface area (Å²) in [5, 5.41) is 0. The minimum Gasteiger partial charge on any atom is -0.460 e. The molecule has 3 saturated carbocycles. The van der Waals surface area contributed by atoms with Gasteiger partial charge in [0, 0.05) is 37.2 Å². The Balaban J connectivity index is 1.73. The van der Waals surface area contributed by atoms with E-state index >= 15 is 0 Å². The van der Waals surface area contributed by atoms with Crippen LogP contribution in [0.1, 0.15) is 59.8 Å². The predicted octanol–water partition coefficient (Wildman–Crippen LogP) is 4.06. The number of esters is 1. The first-order valence-electron chi connectivity index (χ1n) is 11.3. The van der Waals surface area contributed by atoms with Gasteiger partial charge in [-0.05, 0) is 62.5 Å². The number of Topliss-reactive ketones (excluding diaryl/α,β-unsaturated/α-hetero) is 1. The molecule has 3 fully saturated rings. The molecule has 30 heavy (non-hydrogen) atoms. The second kappa shape index (κ2) is 7.44. The van der Waals surface area contributed by atoms with Crippen LogP contribution in [0.25, 0.3) is 0 Å². The standard InChI is InChI=1S/C25H34O5/c1-14-10-17(27)11-16-6-7-18-20(25(14,16)4)8-9-24(3)22(28)12-19(23(18)24)21(13-29-5)30-15(2)26/h10-11,18-21,23H,6-9,12-13H2,1-5H3/t18-,19-,20+,21+,23-,24-,25+/m1/s1. The Morgan fingerprint density at radius 3 is 2.63 bits per heavy atom. The van der Waals surface area contributed by atoms with Gasteiger partial charge in [-0.1, -0.05) is 25.0 Å². The van der Waals surface area contributed by atoms with Crippen molar-refractivity contribution in [3.05, 3.63) is 23.3 Å². The van der Waals surface area contributed by atoms with E-state index in [-0.39, 0.29) is 34.4 Å². The number of ether oxygens (including phenoxy) is 2. The van der Waals surface area contributed by atoms with Crippen LogP contribution in [0.2, 0.25) is 0 Å². The summed E-state index contributed by atoms with van der Waals surface area (Å²) >= 11 is 0. The van der Waals surface area contributed by atoms with Crippen LogP contribution >= 0.6 is 0 Å². The van der Waals surface area contributed by atoms with Crippen molar-refractivity contribution in [3.8, 4) is 0 Å². The molecule has 0 aromatic carbocycles. The third-order valence-electron chi connectivity index (χ3n) is 8.98. The fraction of sp³-hybridized carbons (Fsp3) is 0.720. The Morgan fingerprint density at radius 2 is 1.97 bits per heavy atom. The number of hydrogen-bond donors (Lipinski definition) is 0. The molecule has 0 radical (unpaired) electrons. The summed E-state index contributed by atoms with van der Waals surface area (Å²) in [6.07, 6.45) is 7.43. The average molecular weight is 415 g/mol. The van der Waals surface area contributed by atoms with Crippen molar-refractivity contribution in [1.82, 2.24) is 0 Å². The van der Waals surface area contributed by atoms with E-state index in [1.807, 2.05) is 6.08 Å². The lowest BCUT2D eigenvalue weighted by Crippen LogP contribution is -2.53.